The summed E-state index contributed by atoms with van der Waals surface area (Å²) in [5.41, 5.74) is 1.79. The molecule has 2 aliphatic rings. The van der Waals surface area contributed by atoms with Crippen molar-refractivity contribution in [3.05, 3.63) is 65.7 Å². The summed E-state index contributed by atoms with van der Waals surface area (Å²) in [5.74, 6) is 1.55. The SMILES string of the molecule is O=C(c1cccc(OCc2ccccc2)c1)N1CC[C@@H](OCC2CC2)C1. The molecule has 0 spiro atoms. The van der Waals surface area contributed by atoms with E-state index >= 15 is 0 Å². The van der Waals surface area contributed by atoms with E-state index in [1.165, 1.54) is 12.8 Å². The van der Waals surface area contributed by atoms with Gasteiger partial charge < -0.3 is 14.4 Å². The Labute approximate surface area is 154 Å². The zero-order valence-corrected chi connectivity index (χ0v) is 15.0. The first kappa shape index (κ1) is 17.1. The van der Waals surface area contributed by atoms with Gasteiger partial charge in [-0.25, -0.2) is 0 Å². The van der Waals surface area contributed by atoms with Crippen LogP contribution < -0.4 is 4.74 Å². The van der Waals surface area contributed by atoms with Gasteiger partial charge in [0.15, 0.2) is 0 Å². The van der Waals surface area contributed by atoms with Crippen LogP contribution in [0.5, 0.6) is 5.75 Å². The number of carbonyl (C=O) groups is 1. The van der Waals surface area contributed by atoms with Crippen molar-refractivity contribution in [3.63, 3.8) is 0 Å². The van der Waals surface area contributed by atoms with Crippen molar-refractivity contribution >= 4 is 5.91 Å². The van der Waals surface area contributed by atoms with Gasteiger partial charge in [-0.2, -0.15) is 0 Å². The Morgan fingerprint density at radius 3 is 2.69 bits per heavy atom. The third kappa shape index (κ3) is 4.44. The van der Waals surface area contributed by atoms with Gasteiger partial charge in [0.05, 0.1) is 6.10 Å². The molecule has 1 saturated heterocycles. The number of nitrogens with zero attached hydrogens (tertiary/aromatic N) is 1. The van der Waals surface area contributed by atoms with Crippen molar-refractivity contribution in [2.24, 2.45) is 5.92 Å². The average molecular weight is 351 g/mol. The summed E-state index contributed by atoms with van der Waals surface area (Å²) < 4.78 is 11.8. The Balaban J connectivity index is 1.32. The van der Waals surface area contributed by atoms with Crippen LogP contribution in [-0.2, 0) is 11.3 Å². The molecule has 0 bridgehead atoms. The quantitative estimate of drug-likeness (QED) is 0.759. The molecule has 2 aromatic rings. The van der Waals surface area contributed by atoms with Gasteiger partial charge in [-0.3, -0.25) is 4.79 Å². The summed E-state index contributed by atoms with van der Waals surface area (Å²) in [6.07, 6.45) is 3.72. The van der Waals surface area contributed by atoms with Crippen LogP contribution in [0.2, 0.25) is 0 Å². The molecule has 2 aromatic carbocycles. The predicted octanol–water partition coefficient (Wildman–Crippen LogP) is 3.91. The lowest BCUT2D eigenvalue weighted by molar-refractivity contribution is 0.0480. The van der Waals surface area contributed by atoms with E-state index in [2.05, 4.69) is 0 Å². The van der Waals surface area contributed by atoms with Crippen LogP contribution in [0, 0.1) is 5.92 Å². The van der Waals surface area contributed by atoms with Crippen molar-refractivity contribution in [2.75, 3.05) is 19.7 Å². The lowest BCUT2D eigenvalue weighted by Gasteiger charge is -2.17. The van der Waals surface area contributed by atoms with E-state index in [0.717, 1.165) is 36.8 Å². The van der Waals surface area contributed by atoms with E-state index in [1.807, 2.05) is 59.5 Å². The molecule has 1 heterocycles. The standard InChI is InChI=1S/C22H25NO3/c24-22(23-12-11-21(14-23)26-16-18-9-10-18)19-7-4-8-20(13-19)25-15-17-5-2-1-3-6-17/h1-8,13,18,21H,9-12,14-16H2/t21-/m1/s1. The summed E-state index contributed by atoms with van der Waals surface area (Å²) in [4.78, 5) is 14.7. The number of rotatable bonds is 7. The zero-order chi connectivity index (χ0) is 17.8. The minimum Gasteiger partial charge on any atom is -0.489 e. The first-order valence-electron chi connectivity index (χ1n) is 9.45. The van der Waals surface area contributed by atoms with E-state index < -0.39 is 0 Å². The van der Waals surface area contributed by atoms with Crippen LogP contribution in [0.3, 0.4) is 0 Å². The number of likely N-dealkylation sites (tertiary alicyclic amines) is 1. The largest absolute Gasteiger partial charge is 0.489 e. The third-order valence-electron chi connectivity index (χ3n) is 5.03. The fraction of sp³-hybridized carbons (Fsp3) is 0.409. The number of ether oxygens (including phenoxy) is 2. The Hall–Kier alpha value is -2.33. The zero-order valence-electron chi connectivity index (χ0n) is 15.0. The highest BCUT2D eigenvalue weighted by atomic mass is 16.5. The molecular weight excluding hydrogens is 326 g/mol. The summed E-state index contributed by atoms with van der Waals surface area (Å²) in [6.45, 7) is 2.82. The molecule has 2 fully saturated rings. The van der Waals surface area contributed by atoms with Crippen LogP contribution in [0.15, 0.2) is 54.6 Å². The molecule has 0 unspecified atom stereocenters. The van der Waals surface area contributed by atoms with Crippen molar-refractivity contribution in [3.8, 4) is 5.75 Å². The Morgan fingerprint density at radius 1 is 1.04 bits per heavy atom. The van der Waals surface area contributed by atoms with Crippen LogP contribution in [0.25, 0.3) is 0 Å². The molecule has 4 heteroatoms. The van der Waals surface area contributed by atoms with Gasteiger partial charge in [-0.1, -0.05) is 36.4 Å². The maximum atomic E-state index is 12.8. The van der Waals surface area contributed by atoms with E-state index in [-0.39, 0.29) is 12.0 Å². The third-order valence-corrected chi connectivity index (χ3v) is 5.03. The van der Waals surface area contributed by atoms with Crippen LogP contribution in [0.1, 0.15) is 35.2 Å². The van der Waals surface area contributed by atoms with Crippen LogP contribution >= 0.6 is 0 Å². The van der Waals surface area contributed by atoms with E-state index in [0.29, 0.717) is 18.7 Å². The molecule has 26 heavy (non-hydrogen) atoms. The molecule has 0 N–H and O–H groups in total. The summed E-state index contributed by atoms with van der Waals surface area (Å²) in [7, 11) is 0. The minimum absolute atomic E-state index is 0.0627. The van der Waals surface area contributed by atoms with Gasteiger partial charge in [-0.15, -0.1) is 0 Å². The highest BCUT2D eigenvalue weighted by Crippen LogP contribution is 2.30. The smallest absolute Gasteiger partial charge is 0.254 e. The number of amides is 1. The molecule has 0 radical (unpaired) electrons. The minimum atomic E-state index is 0.0627. The van der Waals surface area contributed by atoms with E-state index in [1.54, 1.807) is 0 Å². The highest BCUT2D eigenvalue weighted by Gasteiger charge is 2.30. The molecular formula is C22H25NO3. The van der Waals surface area contributed by atoms with Gasteiger partial charge >= 0.3 is 0 Å². The molecule has 1 atom stereocenters. The van der Waals surface area contributed by atoms with Gasteiger partial charge in [-0.05, 0) is 48.9 Å². The molecule has 1 saturated carbocycles. The van der Waals surface area contributed by atoms with Crippen molar-refractivity contribution in [2.45, 2.75) is 32.0 Å². The molecule has 136 valence electrons. The molecule has 4 rings (SSSR count). The van der Waals surface area contributed by atoms with Crippen LogP contribution in [0.4, 0.5) is 0 Å². The lowest BCUT2D eigenvalue weighted by atomic mass is 10.2. The fourth-order valence-corrected chi connectivity index (χ4v) is 3.25. The van der Waals surface area contributed by atoms with Gasteiger partial charge in [0.1, 0.15) is 12.4 Å². The first-order chi connectivity index (χ1) is 12.8. The fourth-order valence-electron chi connectivity index (χ4n) is 3.25. The van der Waals surface area contributed by atoms with E-state index in [9.17, 15) is 4.79 Å². The average Bonchev–Trinajstić information content (AvgIpc) is 3.41. The van der Waals surface area contributed by atoms with E-state index in [4.69, 9.17) is 9.47 Å². The maximum Gasteiger partial charge on any atom is 0.254 e. The van der Waals surface area contributed by atoms with Crippen molar-refractivity contribution < 1.29 is 14.3 Å². The molecule has 1 aliphatic carbocycles. The highest BCUT2D eigenvalue weighted by molar-refractivity contribution is 5.94. The van der Waals surface area contributed by atoms with Crippen LogP contribution in [-0.4, -0.2) is 36.6 Å². The Bertz CT molecular complexity index is 742. The van der Waals surface area contributed by atoms with Gasteiger partial charge in [0, 0.05) is 25.3 Å². The van der Waals surface area contributed by atoms with Gasteiger partial charge in [0.2, 0.25) is 0 Å². The first-order valence-corrected chi connectivity index (χ1v) is 9.45. The second kappa shape index (κ2) is 7.92. The second-order valence-electron chi connectivity index (χ2n) is 7.24. The molecule has 0 aromatic heterocycles. The summed E-state index contributed by atoms with van der Waals surface area (Å²) in [6, 6.07) is 17.5. The summed E-state index contributed by atoms with van der Waals surface area (Å²) in [5, 5.41) is 0. The molecule has 4 nitrogen and oxygen atoms in total. The monoisotopic (exact) mass is 351 g/mol. The number of benzene rings is 2. The van der Waals surface area contributed by atoms with Crippen molar-refractivity contribution in [1.29, 1.82) is 0 Å². The van der Waals surface area contributed by atoms with Crippen molar-refractivity contribution in [1.82, 2.24) is 4.90 Å². The maximum absolute atomic E-state index is 12.8. The Morgan fingerprint density at radius 2 is 1.88 bits per heavy atom. The Kier molecular flexibility index (Phi) is 5.21. The molecule has 1 amide bonds. The predicted molar refractivity (Wildman–Crippen MR) is 100 cm³/mol. The number of carbonyl (C=O) groups excluding carboxylic acids is 1. The molecule has 1 aliphatic heterocycles. The second-order valence-corrected chi connectivity index (χ2v) is 7.24. The van der Waals surface area contributed by atoms with Gasteiger partial charge in [0.25, 0.3) is 5.91 Å². The normalized spacial score (nSPS) is 19.5. The lowest BCUT2D eigenvalue weighted by Crippen LogP contribution is -2.30. The number of hydrogen-bond donors (Lipinski definition) is 0. The topological polar surface area (TPSA) is 38.8 Å². The summed E-state index contributed by atoms with van der Waals surface area (Å²) >= 11 is 0. The number of hydrogen-bond acceptors (Lipinski definition) is 3.